The Hall–Kier alpha value is -1.76. The summed E-state index contributed by atoms with van der Waals surface area (Å²) in [6, 6.07) is 3.38. The first kappa shape index (κ1) is 15.3. The van der Waals surface area contributed by atoms with Crippen LogP contribution in [0, 0.1) is 5.41 Å². The lowest BCUT2D eigenvalue weighted by Gasteiger charge is -2.22. The van der Waals surface area contributed by atoms with E-state index in [4.69, 9.17) is 11.1 Å². The minimum atomic E-state index is -4.55. The van der Waals surface area contributed by atoms with Crippen LogP contribution in [-0.2, 0) is 6.18 Å². The third kappa shape index (κ3) is 3.85. The molecule has 0 radical (unpaired) electrons. The lowest BCUT2D eigenvalue weighted by atomic mass is 10.0. The van der Waals surface area contributed by atoms with Crippen molar-refractivity contribution in [1.29, 1.82) is 5.41 Å². The highest BCUT2D eigenvalue weighted by Crippen LogP contribution is 2.33. The molecule has 106 valence electrons. The van der Waals surface area contributed by atoms with Crippen molar-refractivity contribution in [3.05, 3.63) is 29.3 Å². The zero-order valence-electron chi connectivity index (χ0n) is 10.6. The largest absolute Gasteiger partial charge is 0.417 e. The van der Waals surface area contributed by atoms with E-state index in [0.717, 1.165) is 6.07 Å². The van der Waals surface area contributed by atoms with Crippen molar-refractivity contribution >= 4 is 11.5 Å². The van der Waals surface area contributed by atoms with Crippen LogP contribution < -0.4 is 10.6 Å². The number of hydrogen-bond donors (Lipinski definition) is 3. The van der Waals surface area contributed by atoms with Crippen molar-refractivity contribution in [1.82, 2.24) is 0 Å². The molecule has 1 aromatic rings. The van der Waals surface area contributed by atoms with Crippen molar-refractivity contribution in [2.24, 2.45) is 5.73 Å². The number of benzene rings is 1. The summed E-state index contributed by atoms with van der Waals surface area (Å²) in [6.45, 7) is 1.84. The van der Waals surface area contributed by atoms with Gasteiger partial charge in [0, 0.05) is 24.8 Å². The van der Waals surface area contributed by atoms with E-state index < -0.39 is 23.7 Å². The number of aliphatic hydroxyl groups is 1. The van der Waals surface area contributed by atoms with Gasteiger partial charge in [-0.25, -0.2) is 0 Å². The number of hydrogen-bond acceptors (Lipinski definition) is 3. The molecule has 19 heavy (non-hydrogen) atoms. The number of halogens is 3. The maximum atomic E-state index is 12.7. The van der Waals surface area contributed by atoms with Crippen LogP contribution >= 0.6 is 0 Å². The summed E-state index contributed by atoms with van der Waals surface area (Å²) in [5.41, 5.74) is 4.36. The quantitative estimate of drug-likeness (QED) is 0.579. The van der Waals surface area contributed by atoms with Crippen LogP contribution in [0.15, 0.2) is 18.2 Å². The zero-order valence-corrected chi connectivity index (χ0v) is 10.6. The molecule has 1 unspecified atom stereocenters. The van der Waals surface area contributed by atoms with Crippen LogP contribution in [0.4, 0.5) is 18.9 Å². The van der Waals surface area contributed by atoms with Gasteiger partial charge < -0.3 is 15.7 Å². The van der Waals surface area contributed by atoms with Crippen LogP contribution in [0.1, 0.15) is 18.1 Å². The first-order valence-corrected chi connectivity index (χ1v) is 5.57. The molecule has 0 bridgehead atoms. The molecule has 4 nitrogen and oxygen atoms in total. The first-order chi connectivity index (χ1) is 8.62. The van der Waals surface area contributed by atoms with Gasteiger partial charge in [0.05, 0.1) is 11.7 Å². The average Bonchev–Trinajstić information content (AvgIpc) is 2.25. The van der Waals surface area contributed by atoms with Gasteiger partial charge >= 0.3 is 6.18 Å². The summed E-state index contributed by atoms with van der Waals surface area (Å²) in [5, 5.41) is 16.5. The molecule has 0 aromatic heterocycles. The topological polar surface area (TPSA) is 73.3 Å². The summed E-state index contributed by atoms with van der Waals surface area (Å²) in [5.74, 6) is -0.639. The average molecular weight is 275 g/mol. The fourth-order valence-electron chi connectivity index (χ4n) is 1.74. The van der Waals surface area contributed by atoms with Crippen LogP contribution in [-0.4, -0.2) is 30.6 Å². The second kappa shape index (κ2) is 5.48. The summed E-state index contributed by atoms with van der Waals surface area (Å²) < 4.78 is 38.2. The number of likely N-dealkylation sites (N-methyl/N-ethyl adjacent to an activating group) is 1. The Kier molecular flexibility index (Phi) is 4.41. The number of nitrogens with one attached hydrogen (secondary N) is 1. The second-order valence-electron chi connectivity index (χ2n) is 4.37. The first-order valence-electron chi connectivity index (χ1n) is 5.57. The van der Waals surface area contributed by atoms with Gasteiger partial charge in [-0.05, 0) is 25.1 Å². The van der Waals surface area contributed by atoms with Gasteiger partial charge in [0.15, 0.2) is 0 Å². The highest BCUT2D eigenvalue weighted by atomic mass is 19.4. The molecule has 0 saturated heterocycles. The molecule has 0 aliphatic rings. The standard InChI is InChI=1S/C12H16F3N3O/c1-7(19)6-18(2)8-3-4-10(12(13,14)15)9(5-8)11(16)17/h3-5,7,19H,6H2,1-2H3,(H3,16,17). The Bertz CT molecular complexity index is 472. The van der Waals surface area contributed by atoms with Crippen LogP contribution in [0.2, 0.25) is 0 Å². The van der Waals surface area contributed by atoms with Gasteiger partial charge in [-0.2, -0.15) is 13.2 Å². The fourth-order valence-corrected chi connectivity index (χ4v) is 1.74. The number of rotatable bonds is 4. The van der Waals surface area contributed by atoms with E-state index in [2.05, 4.69) is 0 Å². The Labute approximate surface area is 109 Å². The molecule has 1 aromatic carbocycles. The molecule has 0 aliphatic carbocycles. The van der Waals surface area contributed by atoms with E-state index >= 15 is 0 Å². The van der Waals surface area contributed by atoms with E-state index in [1.54, 1.807) is 18.9 Å². The molecule has 1 atom stereocenters. The van der Waals surface area contributed by atoms with Crippen molar-refractivity contribution < 1.29 is 18.3 Å². The summed E-state index contributed by atoms with van der Waals surface area (Å²) in [7, 11) is 1.64. The predicted octanol–water partition coefficient (Wildman–Crippen LogP) is 1.81. The van der Waals surface area contributed by atoms with Crippen LogP contribution in [0.5, 0.6) is 0 Å². The molecule has 0 amide bonds. The number of nitrogens with zero attached hydrogens (tertiary/aromatic N) is 1. The molecule has 0 aliphatic heterocycles. The minimum absolute atomic E-state index is 0.267. The highest BCUT2D eigenvalue weighted by molar-refractivity contribution is 5.97. The maximum absolute atomic E-state index is 12.7. The summed E-state index contributed by atoms with van der Waals surface area (Å²) in [6.07, 6.45) is -5.17. The lowest BCUT2D eigenvalue weighted by molar-refractivity contribution is -0.137. The molecule has 4 N–H and O–H groups in total. The minimum Gasteiger partial charge on any atom is -0.392 e. The van der Waals surface area contributed by atoms with E-state index in [1.165, 1.54) is 12.1 Å². The predicted molar refractivity (Wildman–Crippen MR) is 67.4 cm³/mol. The number of aliphatic hydroxyl groups excluding tert-OH is 1. The van der Waals surface area contributed by atoms with E-state index in [0.29, 0.717) is 5.69 Å². The van der Waals surface area contributed by atoms with Gasteiger partial charge in [-0.3, -0.25) is 5.41 Å². The molecule has 0 saturated carbocycles. The third-order valence-electron chi connectivity index (χ3n) is 2.58. The monoisotopic (exact) mass is 275 g/mol. The second-order valence-corrected chi connectivity index (χ2v) is 4.37. The number of alkyl halides is 3. The van der Waals surface area contributed by atoms with Gasteiger partial charge in [-0.1, -0.05) is 0 Å². The molecule has 7 heteroatoms. The number of anilines is 1. The molecule has 0 heterocycles. The Morgan fingerprint density at radius 2 is 2.05 bits per heavy atom. The Morgan fingerprint density at radius 1 is 1.47 bits per heavy atom. The van der Waals surface area contributed by atoms with E-state index in [9.17, 15) is 18.3 Å². The fraction of sp³-hybridized carbons (Fsp3) is 0.417. The van der Waals surface area contributed by atoms with Gasteiger partial charge in [0.25, 0.3) is 0 Å². The smallest absolute Gasteiger partial charge is 0.392 e. The number of nitrogens with two attached hydrogens (primary N) is 1. The molecule has 1 rings (SSSR count). The van der Waals surface area contributed by atoms with Gasteiger partial charge in [0.2, 0.25) is 0 Å². The number of nitrogen functional groups attached to an aromatic ring is 1. The van der Waals surface area contributed by atoms with Gasteiger partial charge in [-0.15, -0.1) is 0 Å². The van der Waals surface area contributed by atoms with Crippen molar-refractivity contribution in [3.63, 3.8) is 0 Å². The molecule has 0 spiro atoms. The summed E-state index contributed by atoms with van der Waals surface area (Å²) >= 11 is 0. The summed E-state index contributed by atoms with van der Waals surface area (Å²) in [4.78, 5) is 1.59. The van der Waals surface area contributed by atoms with Crippen molar-refractivity contribution in [2.75, 3.05) is 18.5 Å². The SMILES string of the molecule is CC(O)CN(C)c1ccc(C(F)(F)F)c(C(=N)N)c1. The van der Waals surface area contributed by atoms with E-state index in [-0.39, 0.29) is 12.1 Å². The Balaban J connectivity index is 3.20. The lowest BCUT2D eigenvalue weighted by Crippen LogP contribution is -2.27. The normalized spacial score (nSPS) is 13.2. The molecular formula is C12H16F3N3O. The number of amidine groups is 1. The van der Waals surface area contributed by atoms with Crippen molar-refractivity contribution in [3.8, 4) is 0 Å². The van der Waals surface area contributed by atoms with Crippen molar-refractivity contribution in [2.45, 2.75) is 19.2 Å². The molecule has 0 fully saturated rings. The molecular weight excluding hydrogens is 259 g/mol. The van der Waals surface area contributed by atoms with Crippen LogP contribution in [0.25, 0.3) is 0 Å². The third-order valence-corrected chi connectivity index (χ3v) is 2.58. The highest BCUT2D eigenvalue weighted by Gasteiger charge is 2.34. The zero-order chi connectivity index (χ0) is 14.8. The van der Waals surface area contributed by atoms with E-state index in [1.807, 2.05) is 0 Å². The van der Waals surface area contributed by atoms with Crippen LogP contribution in [0.3, 0.4) is 0 Å². The van der Waals surface area contributed by atoms with Gasteiger partial charge in [0.1, 0.15) is 5.84 Å². The maximum Gasteiger partial charge on any atom is 0.417 e. The Morgan fingerprint density at radius 3 is 2.47 bits per heavy atom.